The first-order valence-corrected chi connectivity index (χ1v) is 6.68. The van der Waals surface area contributed by atoms with Gasteiger partial charge in [0, 0.05) is 6.04 Å². The van der Waals surface area contributed by atoms with Crippen molar-refractivity contribution >= 4 is 11.9 Å². The number of rotatable bonds is 1. The van der Waals surface area contributed by atoms with E-state index in [-0.39, 0.29) is 6.04 Å². The Morgan fingerprint density at radius 2 is 2.00 bits per heavy atom. The third-order valence-electron chi connectivity index (χ3n) is 4.46. The van der Waals surface area contributed by atoms with Crippen molar-refractivity contribution in [3.63, 3.8) is 0 Å². The van der Waals surface area contributed by atoms with Gasteiger partial charge in [-0.1, -0.05) is 37.3 Å². The molecule has 2 saturated heterocycles. The molecule has 1 aromatic carbocycles. The van der Waals surface area contributed by atoms with Crippen LogP contribution in [0.3, 0.4) is 0 Å². The highest BCUT2D eigenvalue weighted by molar-refractivity contribution is 6.04. The maximum Gasteiger partial charge on any atom is 0.176 e. The first-order valence-electron chi connectivity index (χ1n) is 6.68. The molecule has 0 aromatic heterocycles. The van der Waals surface area contributed by atoms with Crippen LogP contribution in [0.2, 0.25) is 0 Å². The van der Waals surface area contributed by atoms with Gasteiger partial charge in [-0.3, -0.25) is 9.69 Å². The Labute approximate surface area is 108 Å². The van der Waals surface area contributed by atoms with Crippen molar-refractivity contribution in [2.45, 2.75) is 31.8 Å². The second kappa shape index (κ2) is 4.36. The molecule has 2 nitrogen and oxygen atoms in total. The normalized spacial score (nSPS) is 34.2. The Balaban J connectivity index is 1.92. The third-order valence-corrected chi connectivity index (χ3v) is 4.46. The lowest BCUT2D eigenvalue weighted by atomic mass is 9.93. The second-order valence-corrected chi connectivity index (χ2v) is 5.61. The molecule has 0 spiro atoms. The number of carbonyl (C=O) groups excluding carboxylic acids is 1. The number of fused-ring (bicyclic) bond motifs is 2. The van der Waals surface area contributed by atoms with Crippen LogP contribution < -0.4 is 0 Å². The van der Waals surface area contributed by atoms with Gasteiger partial charge in [-0.2, -0.15) is 0 Å². The summed E-state index contributed by atoms with van der Waals surface area (Å²) in [7, 11) is 2.09. The standard InChI is InChI=1S/C16H19NO/c1-11-8-15-16(18)13(10-14(11)17(15)2)9-12-6-4-3-5-7-12/h3-7,9,11,14-15H,8,10H2,1-2H3/b13-9+/t11-,14-,15-/m1/s1. The molecule has 2 aliphatic heterocycles. The Kier molecular flexibility index (Phi) is 2.83. The highest BCUT2D eigenvalue weighted by Gasteiger charge is 2.45. The minimum Gasteiger partial charge on any atom is -0.293 e. The number of Topliss-reactive ketones (excluding diaryl/α,β-unsaturated/α-hetero) is 1. The quantitative estimate of drug-likeness (QED) is 0.705. The predicted molar refractivity (Wildman–Crippen MR) is 73.2 cm³/mol. The lowest BCUT2D eigenvalue weighted by Gasteiger charge is -2.32. The van der Waals surface area contributed by atoms with E-state index < -0.39 is 0 Å². The molecule has 18 heavy (non-hydrogen) atoms. The van der Waals surface area contributed by atoms with Crippen molar-refractivity contribution in [2.24, 2.45) is 5.92 Å². The van der Waals surface area contributed by atoms with E-state index in [1.54, 1.807) is 0 Å². The van der Waals surface area contributed by atoms with Crippen LogP contribution in [-0.2, 0) is 4.79 Å². The fourth-order valence-corrected chi connectivity index (χ4v) is 3.37. The monoisotopic (exact) mass is 241 g/mol. The molecule has 0 radical (unpaired) electrons. The molecule has 2 heteroatoms. The summed E-state index contributed by atoms with van der Waals surface area (Å²) in [6.45, 7) is 2.26. The molecule has 0 aliphatic carbocycles. The second-order valence-electron chi connectivity index (χ2n) is 5.61. The topological polar surface area (TPSA) is 20.3 Å². The van der Waals surface area contributed by atoms with E-state index in [2.05, 4.69) is 37.1 Å². The largest absolute Gasteiger partial charge is 0.293 e. The van der Waals surface area contributed by atoms with Gasteiger partial charge in [-0.25, -0.2) is 0 Å². The molecule has 1 aromatic rings. The molecule has 3 rings (SSSR count). The van der Waals surface area contributed by atoms with Gasteiger partial charge in [0.25, 0.3) is 0 Å². The molecule has 94 valence electrons. The van der Waals surface area contributed by atoms with Crippen molar-refractivity contribution in [2.75, 3.05) is 7.05 Å². The molecule has 3 atom stereocenters. The molecule has 2 aliphatic rings. The predicted octanol–water partition coefficient (Wildman–Crippen LogP) is 2.75. The Hall–Kier alpha value is -1.41. The van der Waals surface area contributed by atoms with Crippen LogP contribution in [0.5, 0.6) is 0 Å². The smallest absolute Gasteiger partial charge is 0.176 e. The fourth-order valence-electron chi connectivity index (χ4n) is 3.37. The molecule has 2 heterocycles. The van der Waals surface area contributed by atoms with Crippen molar-refractivity contribution in [3.8, 4) is 0 Å². The number of nitrogens with zero attached hydrogens (tertiary/aromatic N) is 1. The zero-order valence-corrected chi connectivity index (χ0v) is 11.0. The molecule has 0 saturated carbocycles. The van der Waals surface area contributed by atoms with E-state index in [9.17, 15) is 4.79 Å². The van der Waals surface area contributed by atoms with Crippen LogP contribution in [0.15, 0.2) is 35.9 Å². The third kappa shape index (κ3) is 1.81. The highest BCUT2D eigenvalue weighted by Crippen LogP contribution is 2.39. The highest BCUT2D eigenvalue weighted by atomic mass is 16.1. The Morgan fingerprint density at radius 3 is 2.72 bits per heavy atom. The van der Waals surface area contributed by atoms with Crippen LogP contribution in [0.4, 0.5) is 0 Å². The molecular weight excluding hydrogens is 222 g/mol. The van der Waals surface area contributed by atoms with Gasteiger partial charge in [0.1, 0.15) is 0 Å². The molecule has 2 fully saturated rings. The summed E-state index contributed by atoms with van der Waals surface area (Å²) in [5.74, 6) is 0.965. The van der Waals surface area contributed by atoms with Gasteiger partial charge in [0.15, 0.2) is 5.78 Å². The van der Waals surface area contributed by atoms with Crippen LogP contribution in [0.1, 0.15) is 25.3 Å². The Morgan fingerprint density at radius 1 is 1.28 bits per heavy atom. The van der Waals surface area contributed by atoms with Crippen LogP contribution in [0.25, 0.3) is 6.08 Å². The summed E-state index contributed by atoms with van der Waals surface area (Å²) in [5, 5.41) is 0. The molecule has 0 amide bonds. The number of hydrogen-bond donors (Lipinski definition) is 0. The fraction of sp³-hybridized carbons (Fsp3) is 0.438. The van der Waals surface area contributed by atoms with Crippen molar-refractivity contribution in [1.29, 1.82) is 0 Å². The summed E-state index contributed by atoms with van der Waals surface area (Å²) >= 11 is 0. The van der Waals surface area contributed by atoms with Crippen LogP contribution >= 0.6 is 0 Å². The summed E-state index contributed by atoms with van der Waals surface area (Å²) < 4.78 is 0. The number of likely N-dealkylation sites (N-methyl/N-ethyl adjacent to an activating group) is 1. The number of ketones is 1. The lowest BCUT2D eigenvalue weighted by Crippen LogP contribution is -2.44. The molecule has 0 unspecified atom stereocenters. The molecular formula is C16H19NO. The summed E-state index contributed by atoms with van der Waals surface area (Å²) in [4.78, 5) is 14.7. The van der Waals surface area contributed by atoms with E-state index in [0.717, 1.165) is 24.0 Å². The average molecular weight is 241 g/mol. The zero-order valence-electron chi connectivity index (χ0n) is 11.0. The first kappa shape index (κ1) is 11.7. The van der Waals surface area contributed by atoms with Crippen molar-refractivity contribution in [3.05, 3.63) is 41.5 Å². The summed E-state index contributed by atoms with van der Waals surface area (Å²) in [5.41, 5.74) is 2.15. The van der Waals surface area contributed by atoms with E-state index in [1.165, 1.54) is 0 Å². The van der Waals surface area contributed by atoms with Gasteiger partial charge in [-0.15, -0.1) is 0 Å². The first-order chi connectivity index (χ1) is 8.66. The van der Waals surface area contributed by atoms with E-state index in [4.69, 9.17) is 0 Å². The SMILES string of the molecule is C[C@@H]1C[C@@H]2C(=O)/C(=C/c3ccccc3)C[C@H]1N2C. The van der Waals surface area contributed by atoms with Crippen molar-refractivity contribution in [1.82, 2.24) is 4.90 Å². The minimum absolute atomic E-state index is 0.119. The minimum atomic E-state index is 0.119. The molecule has 0 N–H and O–H groups in total. The van der Waals surface area contributed by atoms with Gasteiger partial charge >= 0.3 is 0 Å². The molecule has 2 bridgehead atoms. The Bertz CT molecular complexity index is 491. The number of benzene rings is 1. The summed E-state index contributed by atoms with van der Waals surface area (Å²) in [6.07, 6.45) is 4.00. The van der Waals surface area contributed by atoms with E-state index in [0.29, 0.717) is 17.7 Å². The van der Waals surface area contributed by atoms with Crippen LogP contribution in [-0.4, -0.2) is 29.8 Å². The van der Waals surface area contributed by atoms with Gasteiger partial charge < -0.3 is 0 Å². The lowest BCUT2D eigenvalue weighted by molar-refractivity contribution is -0.121. The zero-order chi connectivity index (χ0) is 12.7. The average Bonchev–Trinajstić information content (AvgIpc) is 2.58. The van der Waals surface area contributed by atoms with E-state index in [1.807, 2.05) is 18.2 Å². The number of hydrogen-bond acceptors (Lipinski definition) is 2. The summed E-state index contributed by atoms with van der Waals surface area (Å²) in [6, 6.07) is 10.8. The van der Waals surface area contributed by atoms with Crippen molar-refractivity contribution < 1.29 is 4.79 Å². The maximum atomic E-state index is 12.4. The van der Waals surface area contributed by atoms with Gasteiger partial charge in [-0.05, 0) is 43.0 Å². The number of carbonyl (C=O) groups is 1. The van der Waals surface area contributed by atoms with Gasteiger partial charge in [0.05, 0.1) is 6.04 Å². The van der Waals surface area contributed by atoms with Crippen LogP contribution in [0, 0.1) is 5.92 Å². The van der Waals surface area contributed by atoms with E-state index >= 15 is 0 Å². The van der Waals surface area contributed by atoms with Gasteiger partial charge in [0.2, 0.25) is 0 Å². The number of piperidine rings is 1. The maximum absolute atomic E-state index is 12.4.